The molecule has 7 heteroatoms. The molecule has 7 nitrogen and oxygen atoms in total. The third-order valence-electron chi connectivity index (χ3n) is 2.78. The van der Waals surface area contributed by atoms with Gasteiger partial charge >= 0.3 is 11.7 Å². The summed E-state index contributed by atoms with van der Waals surface area (Å²) in [6.45, 7) is -0.288. The van der Waals surface area contributed by atoms with Gasteiger partial charge < -0.3 is 10.4 Å². The summed E-state index contributed by atoms with van der Waals surface area (Å²) in [4.78, 5) is 38.1. The van der Waals surface area contributed by atoms with Crippen LogP contribution in [0.5, 0.6) is 0 Å². The van der Waals surface area contributed by atoms with Crippen LogP contribution in [0.15, 0.2) is 53.6 Å². The van der Waals surface area contributed by atoms with Crippen LogP contribution in [0.1, 0.15) is 11.6 Å². The third-order valence-corrected chi connectivity index (χ3v) is 2.78. The average molecular weight is 287 g/mol. The van der Waals surface area contributed by atoms with Gasteiger partial charge in [-0.15, -0.1) is 0 Å². The molecule has 2 N–H and O–H groups in total. The highest BCUT2D eigenvalue weighted by atomic mass is 16.4. The second-order valence-corrected chi connectivity index (χ2v) is 4.28. The van der Waals surface area contributed by atoms with Crippen molar-refractivity contribution in [3.05, 3.63) is 64.8 Å². The van der Waals surface area contributed by atoms with E-state index in [4.69, 9.17) is 0 Å². The molecule has 2 rings (SSSR count). The van der Waals surface area contributed by atoms with Gasteiger partial charge in [-0.1, -0.05) is 30.3 Å². The largest absolute Gasteiger partial charge is 0.479 e. The maximum atomic E-state index is 11.9. The lowest BCUT2D eigenvalue weighted by molar-refractivity contribution is -0.142. The quantitative estimate of drug-likeness (QED) is 0.817. The fourth-order valence-corrected chi connectivity index (χ4v) is 1.80. The summed E-state index contributed by atoms with van der Waals surface area (Å²) in [6.07, 6.45) is 2.73. The maximum Gasteiger partial charge on any atom is 0.347 e. The summed E-state index contributed by atoms with van der Waals surface area (Å²) in [5.74, 6) is -1.76. The molecule has 0 aliphatic rings. The lowest BCUT2D eigenvalue weighted by atomic mass is 10.1. The summed E-state index contributed by atoms with van der Waals surface area (Å²) in [6, 6.07) is 8.68. The molecular formula is C14H13N3O4. The third kappa shape index (κ3) is 3.75. The van der Waals surface area contributed by atoms with E-state index in [1.807, 2.05) is 0 Å². The Kier molecular flexibility index (Phi) is 4.45. The maximum absolute atomic E-state index is 11.9. The minimum absolute atomic E-state index is 0.288. The zero-order valence-corrected chi connectivity index (χ0v) is 11.0. The van der Waals surface area contributed by atoms with Gasteiger partial charge in [0.15, 0.2) is 6.04 Å². The zero-order chi connectivity index (χ0) is 15.2. The number of carboxylic acids is 1. The van der Waals surface area contributed by atoms with E-state index in [-0.39, 0.29) is 6.54 Å². The van der Waals surface area contributed by atoms with Crippen LogP contribution in [-0.2, 0) is 16.1 Å². The fraction of sp³-hybridized carbons (Fsp3) is 0.143. The molecule has 0 aliphatic carbocycles. The molecule has 0 aliphatic heterocycles. The van der Waals surface area contributed by atoms with E-state index < -0.39 is 23.6 Å². The van der Waals surface area contributed by atoms with Crippen LogP contribution in [0.2, 0.25) is 0 Å². The highest BCUT2D eigenvalue weighted by molar-refractivity contribution is 5.84. The van der Waals surface area contributed by atoms with Crippen LogP contribution in [0.25, 0.3) is 0 Å². The number of rotatable bonds is 5. The first-order chi connectivity index (χ1) is 10.1. The van der Waals surface area contributed by atoms with E-state index in [0.29, 0.717) is 5.56 Å². The highest BCUT2D eigenvalue weighted by Gasteiger charge is 2.21. The first-order valence-electron chi connectivity index (χ1n) is 6.16. The van der Waals surface area contributed by atoms with Crippen molar-refractivity contribution in [1.29, 1.82) is 0 Å². The van der Waals surface area contributed by atoms with Crippen molar-refractivity contribution in [1.82, 2.24) is 14.9 Å². The monoisotopic (exact) mass is 287 g/mol. The van der Waals surface area contributed by atoms with Crippen LogP contribution < -0.4 is 11.0 Å². The van der Waals surface area contributed by atoms with Crippen molar-refractivity contribution >= 4 is 11.9 Å². The van der Waals surface area contributed by atoms with E-state index in [2.05, 4.69) is 10.3 Å². The number of nitrogens with zero attached hydrogens (tertiary/aromatic N) is 2. The molecule has 1 atom stereocenters. The first-order valence-corrected chi connectivity index (χ1v) is 6.16. The van der Waals surface area contributed by atoms with E-state index in [1.165, 1.54) is 18.5 Å². The molecular weight excluding hydrogens is 274 g/mol. The zero-order valence-electron chi connectivity index (χ0n) is 11.0. The summed E-state index contributed by atoms with van der Waals surface area (Å²) < 4.78 is 1.10. The van der Waals surface area contributed by atoms with Crippen LogP contribution in [-0.4, -0.2) is 26.5 Å². The Bertz CT molecular complexity index is 697. The standard InChI is InChI=1S/C14H13N3O4/c18-11(9-17-8-4-7-15-14(17)21)16-12(13(19)20)10-5-2-1-3-6-10/h1-8,12H,9H2,(H,16,18)(H,19,20)/t12-/m1/s1. The number of carbonyl (C=O) groups excluding carboxylic acids is 1. The molecule has 1 heterocycles. The molecule has 1 aromatic heterocycles. The van der Waals surface area contributed by atoms with Gasteiger partial charge in [0.25, 0.3) is 0 Å². The van der Waals surface area contributed by atoms with E-state index in [9.17, 15) is 19.5 Å². The van der Waals surface area contributed by atoms with Gasteiger partial charge in [0.1, 0.15) is 6.54 Å². The van der Waals surface area contributed by atoms with Gasteiger partial charge in [0.2, 0.25) is 5.91 Å². The topological polar surface area (TPSA) is 101 Å². The number of hydrogen-bond donors (Lipinski definition) is 2. The molecule has 2 aromatic rings. The lowest BCUT2D eigenvalue weighted by Crippen LogP contribution is -2.38. The molecule has 0 saturated heterocycles. The molecule has 0 saturated carbocycles. The molecule has 0 spiro atoms. The summed E-state index contributed by atoms with van der Waals surface area (Å²) in [5, 5.41) is 11.6. The molecule has 108 valence electrons. The number of aliphatic carboxylic acids is 1. The lowest BCUT2D eigenvalue weighted by Gasteiger charge is -2.15. The molecule has 1 amide bonds. The van der Waals surface area contributed by atoms with Gasteiger partial charge in [0.05, 0.1) is 0 Å². The second-order valence-electron chi connectivity index (χ2n) is 4.28. The van der Waals surface area contributed by atoms with Crippen molar-refractivity contribution in [3.8, 4) is 0 Å². The summed E-state index contributed by atoms with van der Waals surface area (Å²) in [7, 11) is 0. The van der Waals surface area contributed by atoms with Crippen molar-refractivity contribution < 1.29 is 14.7 Å². The predicted molar refractivity (Wildman–Crippen MR) is 73.5 cm³/mol. The average Bonchev–Trinajstić information content (AvgIpc) is 2.48. The first kappa shape index (κ1) is 14.4. The number of nitrogens with one attached hydrogen (secondary N) is 1. The van der Waals surface area contributed by atoms with Gasteiger partial charge in [-0.3, -0.25) is 9.36 Å². The van der Waals surface area contributed by atoms with Crippen molar-refractivity contribution in [2.45, 2.75) is 12.6 Å². The van der Waals surface area contributed by atoms with Crippen LogP contribution >= 0.6 is 0 Å². The molecule has 1 aromatic carbocycles. The van der Waals surface area contributed by atoms with E-state index >= 15 is 0 Å². The predicted octanol–water partition coefficient (Wildman–Crippen LogP) is 0.185. The Labute approximate surface area is 119 Å². The van der Waals surface area contributed by atoms with Crippen LogP contribution in [0, 0.1) is 0 Å². The Balaban J connectivity index is 2.11. The Morgan fingerprint density at radius 3 is 2.57 bits per heavy atom. The Morgan fingerprint density at radius 2 is 1.95 bits per heavy atom. The SMILES string of the molecule is O=C(Cn1cccnc1=O)N[C@@H](C(=O)O)c1ccccc1. The molecule has 0 bridgehead atoms. The summed E-state index contributed by atoms with van der Waals surface area (Å²) >= 11 is 0. The minimum atomic E-state index is -1.17. The minimum Gasteiger partial charge on any atom is -0.479 e. The number of carboxylic acid groups (broad SMARTS) is 1. The smallest absolute Gasteiger partial charge is 0.347 e. The van der Waals surface area contributed by atoms with Crippen molar-refractivity contribution in [3.63, 3.8) is 0 Å². The highest BCUT2D eigenvalue weighted by Crippen LogP contribution is 2.12. The normalized spacial score (nSPS) is 11.6. The van der Waals surface area contributed by atoms with Crippen molar-refractivity contribution in [2.24, 2.45) is 0 Å². The number of hydrogen-bond acceptors (Lipinski definition) is 4. The van der Waals surface area contributed by atoms with Gasteiger partial charge in [0, 0.05) is 12.4 Å². The molecule has 0 unspecified atom stereocenters. The number of carbonyl (C=O) groups is 2. The van der Waals surface area contributed by atoms with E-state index in [0.717, 1.165) is 4.57 Å². The Hall–Kier alpha value is -2.96. The van der Waals surface area contributed by atoms with Gasteiger partial charge in [-0.05, 0) is 11.6 Å². The van der Waals surface area contributed by atoms with Gasteiger partial charge in [-0.25, -0.2) is 14.6 Å². The molecule has 0 fully saturated rings. The second kappa shape index (κ2) is 6.47. The van der Waals surface area contributed by atoms with Crippen molar-refractivity contribution in [2.75, 3.05) is 0 Å². The van der Waals surface area contributed by atoms with Crippen LogP contribution in [0.4, 0.5) is 0 Å². The van der Waals surface area contributed by atoms with E-state index in [1.54, 1.807) is 30.3 Å². The number of amides is 1. The van der Waals surface area contributed by atoms with Gasteiger partial charge in [-0.2, -0.15) is 0 Å². The number of aromatic nitrogens is 2. The molecule has 21 heavy (non-hydrogen) atoms. The Morgan fingerprint density at radius 1 is 1.24 bits per heavy atom. The number of benzene rings is 1. The fourth-order valence-electron chi connectivity index (χ4n) is 1.80. The molecule has 0 radical (unpaired) electrons. The van der Waals surface area contributed by atoms with Crippen LogP contribution in [0.3, 0.4) is 0 Å². The summed E-state index contributed by atoms with van der Waals surface area (Å²) in [5.41, 5.74) is -0.115.